The van der Waals surface area contributed by atoms with Crippen LogP contribution in [0.2, 0.25) is 0 Å². The summed E-state index contributed by atoms with van der Waals surface area (Å²) in [4.78, 5) is 47.6. The van der Waals surface area contributed by atoms with Crippen LogP contribution < -0.4 is 15.4 Å². The molecule has 4 aromatic rings. The minimum atomic E-state index is -0.875. The van der Waals surface area contributed by atoms with Crippen LogP contribution in [-0.2, 0) is 39.4 Å². The fourth-order valence-electron chi connectivity index (χ4n) is 4.69. The average Bonchev–Trinajstić information content (AvgIpc) is 3.53. The van der Waals surface area contributed by atoms with Gasteiger partial charge in [0.05, 0.1) is 12.9 Å². The summed E-state index contributed by atoms with van der Waals surface area (Å²) in [5, 5.41) is 5.75. The van der Waals surface area contributed by atoms with E-state index in [0.29, 0.717) is 24.6 Å². The predicted molar refractivity (Wildman–Crippen MR) is 165 cm³/mol. The second-order valence-electron chi connectivity index (χ2n) is 11.2. The molecule has 224 valence electrons. The number of H-pyrrole nitrogens is 1. The molecular formula is C34H39N5O4. The maximum absolute atomic E-state index is 13.9. The van der Waals surface area contributed by atoms with Crippen LogP contribution in [0.5, 0.6) is 5.75 Å². The summed E-state index contributed by atoms with van der Waals surface area (Å²) in [5.41, 5.74) is 3.37. The Bertz CT molecular complexity index is 1460. The second kappa shape index (κ2) is 14.8. The third-order valence-corrected chi connectivity index (χ3v) is 7.13. The Morgan fingerprint density at radius 2 is 1.60 bits per heavy atom. The zero-order valence-corrected chi connectivity index (χ0v) is 24.9. The van der Waals surface area contributed by atoms with Gasteiger partial charge >= 0.3 is 0 Å². The van der Waals surface area contributed by atoms with E-state index in [-0.39, 0.29) is 42.6 Å². The molecule has 0 fully saturated rings. The minimum Gasteiger partial charge on any atom is -0.489 e. The number of carbonyl (C=O) groups is 3. The molecule has 0 aliphatic heterocycles. The summed E-state index contributed by atoms with van der Waals surface area (Å²) < 4.78 is 5.90. The van der Waals surface area contributed by atoms with E-state index in [0.717, 1.165) is 16.7 Å². The molecule has 3 N–H and O–H groups in total. The lowest BCUT2D eigenvalue weighted by molar-refractivity contribution is -0.139. The molecule has 43 heavy (non-hydrogen) atoms. The van der Waals surface area contributed by atoms with Crippen molar-refractivity contribution in [3.05, 3.63) is 120 Å². The first-order valence-electron chi connectivity index (χ1n) is 14.3. The summed E-state index contributed by atoms with van der Waals surface area (Å²) in [7, 11) is 0. The molecule has 1 heterocycles. The highest BCUT2D eigenvalue weighted by molar-refractivity contribution is 5.90. The van der Waals surface area contributed by atoms with Crippen molar-refractivity contribution in [1.29, 1.82) is 0 Å². The molecule has 1 unspecified atom stereocenters. The first kappa shape index (κ1) is 31.0. The van der Waals surface area contributed by atoms with Crippen LogP contribution in [-0.4, -0.2) is 51.7 Å². The number of nitrogens with zero attached hydrogens (tertiary/aromatic N) is 2. The number of nitrogens with one attached hydrogen (secondary N) is 3. The maximum atomic E-state index is 13.9. The molecule has 9 nitrogen and oxygen atoms in total. The van der Waals surface area contributed by atoms with Crippen molar-refractivity contribution in [2.45, 2.75) is 51.8 Å². The Morgan fingerprint density at radius 1 is 0.930 bits per heavy atom. The van der Waals surface area contributed by atoms with Gasteiger partial charge in [0.2, 0.25) is 17.7 Å². The van der Waals surface area contributed by atoms with Crippen LogP contribution in [0.4, 0.5) is 0 Å². The fourth-order valence-corrected chi connectivity index (χ4v) is 4.69. The van der Waals surface area contributed by atoms with E-state index in [1.54, 1.807) is 6.20 Å². The number of imidazole rings is 1. The monoisotopic (exact) mass is 581 g/mol. The largest absolute Gasteiger partial charge is 0.489 e. The summed E-state index contributed by atoms with van der Waals surface area (Å²) in [6.07, 6.45) is 3.34. The van der Waals surface area contributed by atoms with E-state index in [1.165, 1.54) is 18.2 Å². The van der Waals surface area contributed by atoms with Crippen molar-refractivity contribution in [3.8, 4) is 5.75 Å². The van der Waals surface area contributed by atoms with E-state index < -0.39 is 6.04 Å². The first-order chi connectivity index (χ1) is 20.7. The lowest BCUT2D eigenvalue weighted by atomic mass is 9.84. The van der Waals surface area contributed by atoms with Crippen molar-refractivity contribution in [2.75, 3.05) is 13.1 Å². The number of carbonyl (C=O) groups excluding carboxylic acids is 3. The fraction of sp³-hybridized carbons (Fsp3) is 0.294. The van der Waals surface area contributed by atoms with Crippen LogP contribution in [0, 0.1) is 0 Å². The molecule has 0 aliphatic rings. The molecule has 0 aliphatic carbocycles. The smallest absolute Gasteiger partial charge is 0.246 e. The lowest BCUT2D eigenvalue weighted by Gasteiger charge is -2.29. The van der Waals surface area contributed by atoms with Gasteiger partial charge in [0.15, 0.2) is 0 Å². The Balaban J connectivity index is 1.47. The number of amides is 3. The molecule has 4 rings (SSSR count). The summed E-state index contributed by atoms with van der Waals surface area (Å²) >= 11 is 0. The highest BCUT2D eigenvalue weighted by Gasteiger charge is 2.28. The third-order valence-electron chi connectivity index (χ3n) is 7.13. The van der Waals surface area contributed by atoms with Gasteiger partial charge in [-0.25, -0.2) is 4.98 Å². The van der Waals surface area contributed by atoms with Crippen LogP contribution in [0.1, 0.15) is 43.2 Å². The third kappa shape index (κ3) is 9.56. The average molecular weight is 582 g/mol. The lowest BCUT2D eigenvalue weighted by Crippen LogP contribution is -2.52. The molecule has 0 bridgehead atoms. The maximum Gasteiger partial charge on any atom is 0.246 e. The van der Waals surface area contributed by atoms with Gasteiger partial charge in [-0.1, -0.05) is 86.6 Å². The summed E-state index contributed by atoms with van der Waals surface area (Å²) in [6.45, 7) is 6.32. The van der Waals surface area contributed by atoms with Gasteiger partial charge < -0.3 is 25.3 Å². The van der Waals surface area contributed by atoms with Gasteiger partial charge in [-0.15, -0.1) is 0 Å². The van der Waals surface area contributed by atoms with Crippen molar-refractivity contribution in [1.82, 2.24) is 25.5 Å². The molecule has 3 amide bonds. The van der Waals surface area contributed by atoms with Crippen molar-refractivity contribution < 1.29 is 19.1 Å². The molecule has 0 spiro atoms. The van der Waals surface area contributed by atoms with Gasteiger partial charge in [0, 0.05) is 43.7 Å². The number of hydrogen-bond acceptors (Lipinski definition) is 5. The number of ether oxygens (including phenoxy) is 1. The van der Waals surface area contributed by atoms with Crippen LogP contribution in [0.25, 0.3) is 0 Å². The molecule has 0 radical (unpaired) electrons. The number of aromatic nitrogens is 2. The Morgan fingerprint density at radius 3 is 2.23 bits per heavy atom. The number of rotatable bonds is 14. The van der Waals surface area contributed by atoms with Crippen LogP contribution in [0.15, 0.2) is 97.5 Å². The second-order valence-corrected chi connectivity index (χ2v) is 11.2. The van der Waals surface area contributed by atoms with Gasteiger partial charge in [-0.2, -0.15) is 0 Å². The van der Waals surface area contributed by atoms with E-state index in [4.69, 9.17) is 4.74 Å². The van der Waals surface area contributed by atoms with Gasteiger partial charge in [0.1, 0.15) is 18.4 Å². The molecule has 1 atom stereocenters. The number of benzene rings is 3. The Kier molecular flexibility index (Phi) is 10.7. The number of hydrogen-bond donors (Lipinski definition) is 3. The molecular weight excluding hydrogens is 542 g/mol. The van der Waals surface area contributed by atoms with E-state index >= 15 is 0 Å². The number of aromatic amines is 1. The summed E-state index contributed by atoms with van der Waals surface area (Å²) in [5.74, 6) is -0.302. The van der Waals surface area contributed by atoms with Gasteiger partial charge in [0.25, 0.3) is 0 Å². The zero-order chi connectivity index (χ0) is 30.7. The topological polar surface area (TPSA) is 116 Å². The molecule has 1 aromatic heterocycles. The van der Waals surface area contributed by atoms with Crippen LogP contribution in [0.3, 0.4) is 0 Å². The van der Waals surface area contributed by atoms with Gasteiger partial charge in [-0.3, -0.25) is 14.4 Å². The molecule has 9 heteroatoms. The highest BCUT2D eigenvalue weighted by Crippen LogP contribution is 2.22. The zero-order valence-electron chi connectivity index (χ0n) is 24.9. The van der Waals surface area contributed by atoms with Gasteiger partial charge in [-0.05, 0) is 28.8 Å². The highest BCUT2D eigenvalue weighted by atomic mass is 16.5. The van der Waals surface area contributed by atoms with Crippen molar-refractivity contribution >= 4 is 17.7 Å². The Labute approximate surface area is 252 Å². The summed E-state index contributed by atoms with van der Waals surface area (Å²) in [6, 6.07) is 26.4. The van der Waals surface area contributed by atoms with E-state index in [9.17, 15) is 14.4 Å². The Hall–Kier alpha value is -4.92. The normalized spacial score (nSPS) is 11.8. The van der Waals surface area contributed by atoms with E-state index in [1.807, 2.05) is 84.9 Å². The predicted octanol–water partition coefficient (Wildman–Crippen LogP) is 4.16. The molecule has 0 saturated heterocycles. The van der Waals surface area contributed by atoms with Crippen molar-refractivity contribution in [3.63, 3.8) is 0 Å². The van der Waals surface area contributed by atoms with Crippen molar-refractivity contribution in [2.24, 2.45) is 0 Å². The molecule has 0 saturated carbocycles. The van der Waals surface area contributed by atoms with E-state index in [2.05, 4.69) is 34.4 Å². The quantitative estimate of drug-likeness (QED) is 0.207. The minimum absolute atomic E-state index is 0.172. The first-order valence-corrected chi connectivity index (χ1v) is 14.3. The SMILES string of the molecule is CC(=O)NC(Cc1cnc[nH]1)C(=O)N(CC(=O)NCC(C)(C)c1ccccc1)Cc1ccc(OCc2ccccc2)cc1. The standard InChI is InChI=1S/C34H39N5O4/c1-25(40)38-31(18-29-19-35-24-37-29)33(42)39(21-32(41)36-23-34(2,3)28-12-8-5-9-13-28)20-26-14-16-30(17-15-26)43-22-27-10-6-4-7-11-27/h4-17,19,24,31H,18,20-23H2,1-3H3,(H,35,37)(H,36,41)(H,38,40). The molecule has 3 aromatic carbocycles. The van der Waals surface area contributed by atoms with Crippen LogP contribution >= 0.6 is 0 Å².